The maximum atomic E-state index is 12.7. The van der Waals surface area contributed by atoms with Gasteiger partial charge in [-0.25, -0.2) is 23.1 Å². The monoisotopic (exact) mass is 454 g/mol. The van der Waals surface area contributed by atoms with Crippen molar-refractivity contribution in [2.45, 2.75) is 18.7 Å². The second-order valence-corrected chi connectivity index (χ2v) is 8.84. The first-order valence-electron chi connectivity index (χ1n) is 9.32. The zero-order valence-electron chi connectivity index (χ0n) is 16.7. The molecule has 2 aromatic carbocycles. The predicted octanol–water partition coefficient (Wildman–Crippen LogP) is 4.48. The van der Waals surface area contributed by atoms with Crippen LogP contribution < -0.4 is 10.0 Å². The lowest BCUT2D eigenvalue weighted by Gasteiger charge is -2.12. The molecule has 4 rings (SSSR count). The van der Waals surface area contributed by atoms with E-state index in [9.17, 15) is 8.42 Å². The van der Waals surface area contributed by atoms with Crippen LogP contribution in [0.15, 0.2) is 71.9 Å². The van der Waals surface area contributed by atoms with Crippen LogP contribution in [0.2, 0.25) is 5.02 Å². The number of nitrogens with zero attached hydrogens (tertiary/aromatic N) is 4. The zero-order valence-corrected chi connectivity index (χ0v) is 18.3. The third-order valence-corrected chi connectivity index (χ3v) is 6.42. The molecule has 2 heterocycles. The van der Waals surface area contributed by atoms with Gasteiger partial charge in [-0.1, -0.05) is 17.7 Å². The lowest BCUT2D eigenvalue weighted by molar-refractivity contribution is 0.600. The minimum Gasteiger partial charge on any atom is -0.340 e. The van der Waals surface area contributed by atoms with Crippen molar-refractivity contribution < 1.29 is 8.42 Å². The van der Waals surface area contributed by atoms with Crippen molar-refractivity contribution in [1.82, 2.24) is 19.7 Å². The molecule has 0 aliphatic heterocycles. The Morgan fingerprint density at radius 3 is 2.42 bits per heavy atom. The van der Waals surface area contributed by atoms with Gasteiger partial charge in [0.2, 0.25) is 0 Å². The van der Waals surface area contributed by atoms with Crippen LogP contribution in [0.5, 0.6) is 0 Å². The van der Waals surface area contributed by atoms with Crippen molar-refractivity contribution in [3.63, 3.8) is 0 Å². The highest BCUT2D eigenvalue weighted by atomic mass is 35.5. The van der Waals surface area contributed by atoms with E-state index >= 15 is 0 Å². The molecule has 158 valence electrons. The van der Waals surface area contributed by atoms with Crippen molar-refractivity contribution in [2.75, 3.05) is 10.0 Å². The lowest BCUT2D eigenvalue weighted by atomic mass is 10.2. The average Bonchev–Trinajstić information content (AvgIpc) is 3.26. The van der Waals surface area contributed by atoms with E-state index in [1.807, 2.05) is 6.07 Å². The SMILES string of the molecule is Cc1nc(Nc2ccc(NS(=O)(=O)c3cccc(Cl)c3C)cc2)cc(-n2cccn2)n1. The Morgan fingerprint density at radius 2 is 1.71 bits per heavy atom. The largest absolute Gasteiger partial charge is 0.340 e. The van der Waals surface area contributed by atoms with Gasteiger partial charge in [-0.3, -0.25) is 4.72 Å². The third-order valence-electron chi connectivity index (χ3n) is 4.48. The number of sulfonamides is 1. The van der Waals surface area contributed by atoms with Crippen molar-refractivity contribution in [3.8, 4) is 5.82 Å². The maximum Gasteiger partial charge on any atom is 0.262 e. The van der Waals surface area contributed by atoms with Crippen LogP contribution in [0.4, 0.5) is 17.2 Å². The Kier molecular flexibility index (Phi) is 5.62. The number of hydrogen-bond donors (Lipinski definition) is 2. The fourth-order valence-electron chi connectivity index (χ4n) is 3.00. The molecule has 2 aromatic heterocycles. The smallest absolute Gasteiger partial charge is 0.262 e. The number of rotatable bonds is 6. The number of aromatic nitrogens is 4. The molecule has 0 bridgehead atoms. The molecule has 0 aliphatic rings. The Labute approximate surface area is 185 Å². The molecule has 0 fully saturated rings. The Bertz CT molecular complexity index is 1320. The van der Waals surface area contributed by atoms with Crippen molar-refractivity contribution in [2.24, 2.45) is 0 Å². The highest BCUT2D eigenvalue weighted by Crippen LogP contribution is 2.26. The third kappa shape index (κ3) is 4.68. The van der Waals surface area contributed by atoms with Crippen LogP contribution in [0.1, 0.15) is 11.4 Å². The summed E-state index contributed by atoms with van der Waals surface area (Å²) in [7, 11) is -3.76. The van der Waals surface area contributed by atoms with Crippen molar-refractivity contribution in [3.05, 3.63) is 83.4 Å². The minimum absolute atomic E-state index is 0.143. The van der Waals surface area contributed by atoms with Crippen LogP contribution in [-0.2, 0) is 10.0 Å². The summed E-state index contributed by atoms with van der Waals surface area (Å²) in [5.74, 6) is 1.83. The molecular weight excluding hydrogens is 436 g/mol. The molecular formula is C21H19ClN6O2S. The number of aryl methyl sites for hydroxylation is 1. The van der Waals surface area contributed by atoms with Gasteiger partial charge >= 0.3 is 0 Å². The summed E-state index contributed by atoms with van der Waals surface area (Å²) in [4.78, 5) is 8.91. The van der Waals surface area contributed by atoms with E-state index in [1.165, 1.54) is 6.07 Å². The summed E-state index contributed by atoms with van der Waals surface area (Å²) in [5, 5.41) is 7.78. The van der Waals surface area contributed by atoms with Crippen LogP contribution in [0.25, 0.3) is 5.82 Å². The normalized spacial score (nSPS) is 11.3. The molecule has 0 radical (unpaired) electrons. The molecule has 0 spiro atoms. The quantitative estimate of drug-likeness (QED) is 0.445. The molecule has 10 heteroatoms. The van der Waals surface area contributed by atoms with E-state index in [-0.39, 0.29) is 4.90 Å². The predicted molar refractivity (Wildman–Crippen MR) is 121 cm³/mol. The van der Waals surface area contributed by atoms with Crippen molar-refractivity contribution in [1.29, 1.82) is 0 Å². The molecule has 4 aromatic rings. The van der Waals surface area contributed by atoms with Crippen LogP contribution in [-0.4, -0.2) is 28.2 Å². The highest BCUT2D eigenvalue weighted by molar-refractivity contribution is 7.92. The molecule has 0 amide bonds. The summed E-state index contributed by atoms with van der Waals surface area (Å²) in [6, 6.07) is 15.2. The van der Waals surface area contributed by atoms with Gasteiger partial charge in [0, 0.05) is 34.9 Å². The van der Waals surface area contributed by atoms with E-state index in [2.05, 4.69) is 25.1 Å². The second-order valence-electron chi connectivity index (χ2n) is 6.78. The van der Waals surface area contributed by atoms with Crippen LogP contribution in [0.3, 0.4) is 0 Å². The molecule has 0 saturated carbocycles. The van der Waals surface area contributed by atoms with Gasteiger partial charge in [0.15, 0.2) is 5.82 Å². The van der Waals surface area contributed by atoms with Gasteiger partial charge in [-0.2, -0.15) is 5.10 Å². The number of hydrogen-bond acceptors (Lipinski definition) is 6. The summed E-state index contributed by atoms with van der Waals surface area (Å²) in [6.07, 6.45) is 3.48. The van der Waals surface area contributed by atoms with E-state index in [0.717, 1.165) is 5.69 Å². The molecule has 0 unspecified atom stereocenters. The fraction of sp³-hybridized carbons (Fsp3) is 0.0952. The van der Waals surface area contributed by atoms with Gasteiger partial charge < -0.3 is 5.32 Å². The van der Waals surface area contributed by atoms with E-state index in [4.69, 9.17) is 11.6 Å². The van der Waals surface area contributed by atoms with Gasteiger partial charge in [-0.05, 0) is 61.9 Å². The number of nitrogens with one attached hydrogen (secondary N) is 2. The number of anilines is 3. The first kappa shape index (κ1) is 20.8. The molecule has 0 aliphatic carbocycles. The summed E-state index contributed by atoms with van der Waals surface area (Å²) >= 11 is 6.06. The minimum atomic E-state index is -3.76. The van der Waals surface area contributed by atoms with Crippen LogP contribution >= 0.6 is 11.6 Å². The van der Waals surface area contributed by atoms with Crippen LogP contribution in [0, 0.1) is 13.8 Å². The molecule has 31 heavy (non-hydrogen) atoms. The van der Waals surface area contributed by atoms with Crippen molar-refractivity contribution >= 4 is 38.8 Å². The first-order valence-corrected chi connectivity index (χ1v) is 11.2. The molecule has 8 nitrogen and oxygen atoms in total. The summed E-state index contributed by atoms with van der Waals surface area (Å²) < 4.78 is 29.7. The maximum absolute atomic E-state index is 12.7. The second kappa shape index (κ2) is 8.37. The van der Waals surface area contributed by atoms with Gasteiger partial charge in [0.25, 0.3) is 10.0 Å². The fourth-order valence-corrected chi connectivity index (χ4v) is 4.55. The standard InChI is InChI=1S/C21H19ClN6O2S/c1-14-18(22)5-3-6-19(14)31(29,30)27-17-9-7-16(8-10-17)26-20-13-21(25-15(2)24-20)28-12-4-11-23-28/h3-13,27H,1-2H3,(H,24,25,26). The van der Waals surface area contributed by atoms with Gasteiger partial charge in [-0.15, -0.1) is 0 Å². The van der Waals surface area contributed by atoms with E-state index in [1.54, 1.807) is 73.4 Å². The number of halogens is 1. The molecule has 2 N–H and O–H groups in total. The lowest BCUT2D eigenvalue weighted by Crippen LogP contribution is -2.14. The Morgan fingerprint density at radius 1 is 0.968 bits per heavy atom. The van der Waals surface area contributed by atoms with E-state index in [0.29, 0.717) is 33.7 Å². The summed E-state index contributed by atoms with van der Waals surface area (Å²) in [5.41, 5.74) is 1.68. The average molecular weight is 455 g/mol. The summed E-state index contributed by atoms with van der Waals surface area (Å²) in [6.45, 7) is 3.47. The highest BCUT2D eigenvalue weighted by Gasteiger charge is 2.18. The van der Waals surface area contributed by atoms with E-state index < -0.39 is 10.0 Å². The Balaban J connectivity index is 1.52. The molecule has 0 atom stereocenters. The number of benzene rings is 2. The van der Waals surface area contributed by atoms with Gasteiger partial charge in [0.05, 0.1) is 4.90 Å². The van der Waals surface area contributed by atoms with Gasteiger partial charge in [0.1, 0.15) is 11.6 Å². The first-order chi connectivity index (χ1) is 14.8. The topological polar surface area (TPSA) is 102 Å². The molecule has 0 saturated heterocycles. The Hall–Kier alpha value is -3.43. The zero-order chi connectivity index (χ0) is 22.0.